The van der Waals surface area contributed by atoms with E-state index in [1.165, 1.54) is 20.0 Å². The minimum atomic E-state index is -3.56. The number of halogens is 1. The largest absolute Gasteiger partial charge is 0.493 e. The van der Waals surface area contributed by atoms with E-state index in [1.807, 2.05) is 0 Å². The summed E-state index contributed by atoms with van der Waals surface area (Å²) in [4.78, 5) is 0. The second-order valence-corrected chi connectivity index (χ2v) is 7.47. The summed E-state index contributed by atoms with van der Waals surface area (Å²) >= 11 is 0. The molecule has 4 nitrogen and oxygen atoms in total. The number of ether oxygens (including phenoxy) is 2. The fourth-order valence-corrected chi connectivity index (χ4v) is 3.24. The molecule has 19 heavy (non-hydrogen) atoms. The highest BCUT2D eigenvalue weighted by atomic mass is 35.7. The Labute approximate surface area is 118 Å². The lowest BCUT2D eigenvalue weighted by atomic mass is 10.2. The van der Waals surface area contributed by atoms with Crippen molar-refractivity contribution in [1.29, 1.82) is 0 Å². The van der Waals surface area contributed by atoms with Crippen LogP contribution in [0.1, 0.15) is 31.2 Å². The molecule has 0 atom stereocenters. The molecule has 0 spiro atoms. The maximum absolute atomic E-state index is 11.1. The summed E-state index contributed by atoms with van der Waals surface area (Å²) in [6.07, 6.45) is 4.73. The van der Waals surface area contributed by atoms with Crippen LogP contribution in [0.4, 0.5) is 0 Å². The molecule has 106 valence electrons. The van der Waals surface area contributed by atoms with Gasteiger partial charge in [0.2, 0.25) is 9.05 Å². The second-order valence-electron chi connectivity index (χ2n) is 4.69. The Kier molecular flexibility index (Phi) is 4.58. The molecule has 0 heterocycles. The first-order chi connectivity index (χ1) is 8.98. The quantitative estimate of drug-likeness (QED) is 0.784. The van der Waals surface area contributed by atoms with Crippen LogP contribution in [0.5, 0.6) is 11.5 Å². The molecule has 0 bridgehead atoms. The van der Waals surface area contributed by atoms with Crippen molar-refractivity contribution in [2.75, 3.05) is 7.11 Å². The summed E-state index contributed by atoms with van der Waals surface area (Å²) in [5.41, 5.74) is 0.589. The normalized spacial score (nSPS) is 16.5. The zero-order valence-electron chi connectivity index (χ0n) is 10.8. The molecule has 0 unspecified atom stereocenters. The zero-order valence-corrected chi connectivity index (χ0v) is 12.3. The van der Waals surface area contributed by atoms with E-state index in [9.17, 15) is 8.42 Å². The fraction of sp³-hybridized carbons (Fsp3) is 0.538. The van der Waals surface area contributed by atoms with E-state index < -0.39 is 9.05 Å². The van der Waals surface area contributed by atoms with E-state index in [0.29, 0.717) is 17.1 Å². The monoisotopic (exact) mass is 304 g/mol. The lowest BCUT2D eigenvalue weighted by Gasteiger charge is -2.16. The van der Waals surface area contributed by atoms with Gasteiger partial charge >= 0.3 is 0 Å². The van der Waals surface area contributed by atoms with Gasteiger partial charge in [-0.05, 0) is 43.4 Å². The summed E-state index contributed by atoms with van der Waals surface area (Å²) < 4.78 is 33.2. The van der Waals surface area contributed by atoms with Gasteiger partial charge in [-0.1, -0.05) is 6.07 Å². The third-order valence-electron chi connectivity index (χ3n) is 3.16. The Morgan fingerprint density at radius 1 is 1.26 bits per heavy atom. The van der Waals surface area contributed by atoms with Crippen molar-refractivity contribution in [1.82, 2.24) is 0 Å². The lowest BCUT2D eigenvalue weighted by molar-refractivity contribution is 0.200. The van der Waals surface area contributed by atoms with Crippen LogP contribution in [0.25, 0.3) is 0 Å². The van der Waals surface area contributed by atoms with Gasteiger partial charge in [-0.2, -0.15) is 0 Å². The van der Waals surface area contributed by atoms with E-state index in [0.717, 1.165) is 12.8 Å². The third-order valence-corrected chi connectivity index (χ3v) is 4.17. The molecule has 0 saturated heterocycles. The number of hydrogen-bond acceptors (Lipinski definition) is 4. The number of methoxy groups -OCH3 is 1. The molecular formula is C13H17ClO4S. The molecule has 6 heteroatoms. The van der Waals surface area contributed by atoms with Crippen LogP contribution in [0.15, 0.2) is 18.2 Å². The zero-order chi connectivity index (χ0) is 13.9. The van der Waals surface area contributed by atoms with Crippen LogP contribution in [0.2, 0.25) is 0 Å². The van der Waals surface area contributed by atoms with E-state index in [-0.39, 0.29) is 11.9 Å². The van der Waals surface area contributed by atoms with Crippen molar-refractivity contribution in [2.24, 2.45) is 0 Å². The summed E-state index contributed by atoms with van der Waals surface area (Å²) in [5.74, 6) is 0.990. The van der Waals surface area contributed by atoms with Crippen molar-refractivity contribution in [2.45, 2.75) is 37.5 Å². The minimum Gasteiger partial charge on any atom is -0.493 e. The van der Waals surface area contributed by atoms with Gasteiger partial charge in [0, 0.05) is 10.7 Å². The Bertz CT molecular complexity index is 536. The van der Waals surface area contributed by atoms with Crippen molar-refractivity contribution < 1.29 is 17.9 Å². The maximum Gasteiger partial charge on any atom is 0.236 e. The van der Waals surface area contributed by atoms with Gasteiger partial charge in [0.05, 0.1) is 19.0 Å². The Balaban J connectivity index is 2.15. The fourth-order valence-electron chi connectivity index (χ4n) is 2.28. The molecule has 1 aromatic rings. The predicted octanol–water partition coefficient (Wildman–Crippen LogP) is 3.09. The standard InChI is InChI=1S/C13H17ClO4S/c1-17-13-8-10(9-19(14,15)16)6-7-12(13)18-11-4-2-3-5-11/h6-8,11H,2-5,9H2,1H3. The van der Waals surface area contributed by atoms with Gasteiger partial charge in [0.15, 0.2) is 11.5 Å². The topological polar surface area (TPSA) is 52.6 Å². The van der Waals surface area contributed by atoms with Crippen LogP contribution in [-0.2, 0) is 14.8 Å². The van der Waals surface area contributed by atoms with E-state index in [1.54, 1.807) is 18.2 Å². The van der Waals surface area contributed by atoms with Crippen molar-refractivity contribution in [3.05, 3.63) is 23.8 Å². The van der Waals surface area contributed by atoms with Gasteiger partial charge in [0.25, 0.3) is 0 Å². The molecule has 1 saturated carbocycles. The van der Waals surface area contributed by atoms with Gasteiger partial charge < -0.3 is 9.47 Å². The number of hydrogen-bond donors (Lipinski definition) is 0. The second kappa shape index (κ2) is 6.01. The average molecular weight is 305 g/mol. The predicted molar refractivity (Wildman–Crippen MR) is 74.4 cm³/mol. The Morgan fingerprint density at radius 3 is 2.53 bits per heavy atom. The first kappa shape index (κ1) is 14.5. The molecule has 0 N–H and O–H groups in total. The highest BCUT2D eigenvalue weighted by molar-refractivity contribution is 8.13. The first-order valence-electron chi connectivity index (χ1n) is 6.24. The molecule has 2 rings (SSSR count). The SMILES string of the molecule is COc1cc(CS(=O)(=O)Cl)ccc1OC1CCCC1. The number of rotatable bonds is 5. The van der Waals surface area contributed by atoms with Crippen LogP contribution < -0.4 is 9.47 Å². The third kappa shape index (κ3) is 4.28. The summed E-state index contributed by atoms with van der Waals surface area (Å²) in [7, 11) is 3.22. The van der Waals surface area contributed by atoms with Crippen LogP contribution in [0, 0.1) is 0 Å². The highest BCUT2D eigenvalue weighted by Gasteiger charge is 2.19. The van der Waals surface area contributed by atoms with Gasteiger partial charge in [-0.25, -0.2) is 8.42 Å². The Morgan fingerprint density at radius 2 is 1.95 bits per heavy atom. The van der Waals surface area contributed by atoms with Crippen LogP contribution in [-0.4, -0.2) is 21.6 Å². The molecule has 0 aliphatic heterocycles. The van der Waals surface area contributed by atoms with Crippen molar-refractivity contribution in [3.63, 3.8) is 0 Å². The molecule has 0 aromatic heterocycles. The minimum absolute atomic E-state index is 0.214. The van der Waals surface area contributed by atoms with Crippen molar-refractivity contribution >= 4 is 19.7 Å². The molecule has 1 aromatic carbocycles. The Hall–Kier alpha value is -0.940. The summed E-state index contributed by atoms with van der Waals surface area (Å²) in [6.45, 7) is 0. The molecule has 1 aliphatic rings. The maximum atomic E-state index is 11.1. The van der Waals surface area contributed by atoms with Crippen molar-refractivity contribution in [3.8, 4) is 11.5 Å². The number of benzene rings is 1. The summed E-state index contributed by atoms with van der Waals surface area (Å²) in [6, 6.07) is 5.10. The summed E-state index contributed by atoms with van der Waals surface area (Å²) in [5, 5.41) is 0. The van der Waals surface area contributed by atoms with Gasteiger partial charge in [-0.3, -0.25) is 0 Å². The molecule has 0 radical (unpaired) electrons. The molecule has 1 aliphatic carbocycles. The van der Waals surface area contributed by atoms with E-state index >= 15 is 0 Å². The highest BCUT2D eigenvalue weighted by Crippen LogP contribution is 2.32. The van der Waals surface area contributed by atoms with Gasteiger partial charge in [-0.15, -0.1) is 0 Å². The van der Waals surface area contributed by atoms with E-state index in [4.69, 9.17) is 20.2 Å². The van der Waals surface area contributed by atoms with Gasteiger partial charge in [0.1, 0.15) is 0 Å². The average Bonchev–Trinajstić information content (AvgIpc) is 2.82. The van der Waals surface area contributed by atoms with Crippen LogP contribution >= 0.6 is 10.7 Å². The first-order valence-corrected chi connectivity index (χ1v) is 8.72. The molecular weight excluding hydrogens is 288 g/mol. The molecule has 1 fully saturated rings. The van der Waals surface area contributed by atoms with E-state index in [2.05, 4.69) is 0 Å². The smallest absolute Gasteiger partial charge is 0.236 e. The lowest BCUT2D eigenvalue weighted by Crippen LogP contribution is -2.11. The van der Waals surface area contributed by atoms with Crippen LogP contribution in [0.3, 0.4) is 0 Å². The molecule has 0 amide bonds.